The van der Waals surface area contributed by atoms with E-state index >= 15 is 0 Å². The Kier molecular flexibility index (Phi) is 13.4. The molecular formula is C35H42N2O8. The fourth-order valence-electron chi connectivity index (χ4n) is 4.33. The molecule has 1 atom stereocenters. The molecular weight excluding hydrogens is 576 g/mol. The molecule has 3 aromatic rings. The Hall–Kier alpha value is -4.86. The second-order valence-electron chi connectivity index (χ2n) is 11.0. The van der Waals surface area contributed by atoms with Crippen molar-refractivity contribution in [2.75, 3.05) is 19.0 Å². The first-order valence-corrected chi connectivity index (χ1v) is 15.2. The highest BCUT2D eigenvalue weighted by Crippen LogP contribution is 2.30. The van der Waals surface area contributed by atoms with Gasteiger partial charge in [-0.05, 0) is 72.6 Å². The number of methoxy groups -OCH3 is 1. The maximum Gasteiger partial charge on any atom is 0.343 e. The summed E-state index contributed by atoms with van der Waals surface area (Å²) in [6.45, 7) is 6.34. The van der Waals surface area contributed by atoms with E-state index in [9.17, 15) is 24.3 Å². The highest BCUT2D eigenvalue weighted by molar-refractivity contribution is 5.98. The van der Waals surface area contributed by atoms with E-state index in [1.165, 1.54) is 44.6 Å². The van der Waals surface area contributed by atoms with Crippen molar-refractivity contribution < 1.29 is 38.5 Å². The van der Waals surface area contributed by atoms with Gasteiger partial charge in [-0.3, -0.25) is 9.59 Å². The molecule has 3 rings (SSSR count). The molecule has 0 radical (unpaired) electrons. The highest BCUT2D eigenvalue weighted by atomic mass is 16.6. The van der Waals surface area contributed by atoms with E-state index < -0.39 is 23.9 Å². The lowest BCUT2D eigenvalue weighted by Crippen LogP contribution is -2.42. The van der Waals surface area contributed by atoms with E-state index in [0.717, 1.165) is 12.8 Å². The van der Waals surface area contributed by atoms with Gasteiger partial charge in [0.1, 0.15) is 11.8 Å². The number of carboxylic acid groups (broad SMARTS) is 1. The van der Waals surface area contributed by atoms with Gasteiger partial charge in [0.05, 0.1) is 19.3 Å². The summed E-state index contributed by atoms with van der Waals surface area (Å²) >= 11 is 0. The quantitative estimate of drug-likeness (QED) is 0.0912. The van der Waals surface area contributed by atoms with Gasteiger partial charge in [0, 0.05) is 23.6 Å². The predicted molar refractivity (Wildman–Crippen MR) is 171 cm³/mol. The van der Waals surface area contributed by atoms with Gasteiger partial charge >= 0.3 is 11.9 Å². The van der Waals surface area contributed by atoms with Crippen molar-refractivity contribution in [2.24, 2.45) is 5.92 Å². The number of amides is 2. The van der Waals surface area contributed by atoms with Crippen molar-refractivity contribution in [3.05, 3.63) is 83.4 Å². The zero-order valence-electron chi connectivity index (χ0n) is 26.3. The molecule has 0 spiro atoms. The molecule has 10 nitrogen and oxygen atoms in total. The number of ether oxygens (including phenoxy) is 3. The zero-order valence-corrected chi connectivity index (χ0v) is 26.3. The van der Waals surface area contributed by atoms with Crippen LogP contribution in [0.25, 0.3) is 0 Å². The first kappa shape index (κ1) is 34.6. The van der Waals surface area contributed by atoms with Crippen molar-refractivity contribution in [1.29, 1.82) is 0 Å². The van der Waals surface area contributed by atoms with Gasteiger partial charge in [-0.25, -0.2) is 9.59 Å². The number of carbonyl (C=O) groups is 4. The molecule has 240 valence electrons. The van der Waals surface area contributed by atoms with Crippen LogP contribution in [0.3, 0.4) is 0 Å². The molecule has 3 N–H and O–H groups in total. The van der Waals surface area contributed by atoms with E-state index in [-0.39, 0.29) is 35.3 Å². The molecule has 0 bridgehead atoms. The van der Waals surface area contributed by atoms with Gasteiger partial charge in [-0.1, -0.05) is 52.5 Å². The Balaban J connectivity index is 1.59. The second-order valence-corrected chi connectivity index (χ2v) is 11.0. The molecule has 0 aliphatic rings. The Bertz CT molecular complexity index is 1440. The van der Waals surface area contributed by atoms with Gasteiger partial charge in [0.25, 0.3) is 5.91 Å². The van der Waals surface area contributed by atoms with Crippen molar-refractivity contribution in [3.63, 3.8) is 0 Å². The fraction of sp³-hybridized carbons (Fsp3) is 0.371. The minimum atomic E-state index is -1.24. The maximum atomic E-state index is 12.8. The Morgan fingerprint density at radius 2 is 1.49 bits per heavy atom. The van der Waals surface area contributed by atoms with E-state index in [0.29, 0.717) is 29.2 Å². The topological polar surface area (TPSA) is 140 Å². The van der Waals surface area contributed by atoms with Crippen LogP contribution in [0.5, 0.6) is 17.2 Å². The number of hydrogen-bond acceptors (Lipinski definition) is 7. The lowest BCUT2D eigenvalue weighted by Gasteiger charge is -2.16. The largest absolute Gasteiger partial charge is 0.494 e. The lowest BCUT2D eigenvalue weighted by atomic mass is 10.0. The van der Waals surface area contributed by atoms with Crippen LogP contribution in [0.1, 0.15) is 79.2 Å². The van der Waals surface area contributed by atoms with Crippen LogP contribution >= 0.6 is 0 Å². The second kappa shape index (κ2) is 17.4. The Labute approximate surface area is 264 Å². The molecule has 0 heterocycles. The van der Waals surface area contributed by atoms with Crippen LogP contribution in [0, 0.1) is 5.92 Å². The van der Waals surface area contributed by atoms with Crippen LogP contribution in [-0.2, 0) is 16.0 Å². The normalized spacial score (nSPS) is 11.4. The summed E-state index contributed by atoms with van der Waals surface area (Å²) in [7, 11) is 1.41. The Morgan fingerprint density at radius 3 is 2.11 bits per heavy atom. The van der Waals surface area contributed by atoms with Gasteiger partial charge in [-0.2, -0.15) is 0 Å². The number of carbonyl (C=O) groups excluding carboxylic acids is 3. The average Bonchev–Trinajstić information content (AvgIpc) is 3.03. The summed E-state index contributed by atoms with van der Waals surface area (Å²) in [5.41, 5.74) is 1.65. The number of esters is 1. The minimum Gasteiger partial charge on any atom is -0.494 e. The highest BCUT2D eigenvalue weighted by Gasteiger charge is 2.23. The third kappa shape index (κ3) is 11.0. The number of aliphatic carboxylic acids is 1. The number of unbranched alkanes of at least 4 members (excludes halogenated alkanes) is 4. The van der Waals surface area contributed by atoms with Crippen LogP contribution in [-0.4, -0.2) is 48.6 Å². The van der Waals surface area contributed by atoms with E-state index in [4.69, 9.17) is 14.2 Å². The molecule has 1 unspecified atom stereocenters. The van der Waals surface area contributed by atoms with Crippen molar-refractivity contribution >= 4 is 29.4 Å². The predicted octanol–water partition coefficient (Wildman–Crippen LogP) is 6.28. The fourth-order valence-corrected chi connectivity index (χ4v) is 4.33. The summed E-state index contributed by atoms with van der Waals surface area (Å²) < 4.78 is 16.7. The summed E-state index contributed by atoms with van der Waals surface area (Å²) in [6.07, 6.45) is 5.68. The van der Waals surface area contributed by atoms with Gasteiger partial charge in [-0.15, -0.1) is 0 Å². The smallest absolute Gasteiger partial charge is 0.343 e. The van der Waals surface area contributed by atoms with Gasteiger partial charge < -0.3 is 30.0 Å². The first-order valence-electron chi connectivity index (χ1n) is 15.2. The number of benzene rings is 3. The van der Waals surface area contributed by atoms with E-state index in [2.05, 4.69) is 17.6 Å². The average molecular weight is 619 g/mol. The molecule has 2 amide bonds. The standard InChI is InChI=1S/C35H42N2O8/c1-5-6-7-8-9-20-44-28-17-13-26(14-18-28)35(42)45-30-19-10-24(22-31(30)43-4)21-29(34(40)41)37-33(39)25-11-15-27(16-12-25)36-32(38)23(2)3/h10-19,22-23,29H,5-9,20-21H2,1-4H3,(H,36,38)(H,37,39)(H,40,41). The number of rotatable bonds is 17. The number of nitrogens with one attached hydrogen (secondary N) is 2. The first-order chi connectivity index (χ1) is 21.6. The summed E-state index contributed by atoms with van der Waals surface area (Å²) in [6, 6.07) is 16.3. The molecule has 3 aromatic carbocycles. The van der Waals surface area contributed by atoms with Crippen LogP contribution < -0.4 is 24.8 Å². The summed E-state index contributed by atoms with van der Waals surface area (Å²) in [5, 5.41) is 15.1. The zero-order chi connectivity index (χ0) is 32.8. The van der Waals surface area contributed by atoms with Crippen molar-refractivity contribution in [1.82, 2.24) is 5.32 Å². The molecule has 0 saturated heterocycles. The molecule has 45 heavy (non-hydrogen) atoms. The number of hydrogen-bond donors (Lipinski definition) is 3. The van der Waals surface area contributed by atoms with Gasteiger partial charge in [0.2, 0.25) is 5.91 Å². The number of anilines is 1. The molecule has 0 saturated carbocycles. The summed E-state index contributed by atoms with van der Waals surface area (Å²) in [4.78, 5) is 49.5. The SMILES string of the molecule is CCCCCCCOc1ccc(C(=O)Oc2ccc(CC(NC(=O)c3ccc(NC(=O)C(C)C)cc3)C(=O)O)cc2OC)cc1. The third-order valence-corrected chi connectivity index (χ3v) is 7.02. The lowest BCUT2D eigenvalue weighted by molar-refractivity contribution is -0.139. The van der Waals surface area contributed by atoms with Crippen molar-refractivity contribution in [2.45, 2.75) is 65.3 Å². The molecule has 10 heteroatoms. The van der Waals surface area contributed by atoms with Crippen molar-refractivity contribution in [3.8, 4) is 17.2 Å². The molecule has 0 aliphatic heterocycles. The van der Waals surface area contributed by atoms with Gasteiger partial charge in [0.15, 0.2) is 11.5 Å². The molecule has 0 fully saturated rings. The molecule has 0 aromatic heterocycles. The van der Waals surface area contributed by atoms with E-state index in [1.807, 2.05) is 0 Å². The Morgan fingerprint density at radius 1 is 0.822 bits per heavy atom. The monoisotopic (exact) mass is 618 g/mol. The molecule has 0 aliphatic carbocycles. The van der Waals surface area contributed by atoms with E-state index in [1.54, 1.807) is 62.4 Å². The minimum absolute atomic E-state index is 0.0474. The van der Waals surface area contributed by atoms with Crippen LogP contribution in [0.15, 0.2) is 66.7 Å². The maximum absolute atomic E-state index is 12.8. The van der Waals surface area contributed by atoms with Crippen LogP contribution in [0.4, 0.5) is 5.69 Å². The number of carboxylic acids is 1. The third-order valence-electron chi connectivity index (χ3n) is 7.02. The summed E-state index contributed by atoms with van der Waals surface area (Å²) in [5.74, 6) is -1.66. The van der Waals surface area contributed by atoms with Crippen LogP contribution in [0.2, 0.25) is 0 Å².